The van der Waals surface area contributed by atoms with Crippen LogP contribution in [0.5, 0.6) is 0 Å². The summed E-state index contributed by atoms with van der Waals surface area (Å²) in [7, 11) is 0. The molecule has 3 aromatic heterocycles. The molecule has 0 unspecified atom stereocenters. The highest BCUT2D eigenvalue weighted by atomic mass is 35.5. The number of hydrogen-bond donors (Lipinski definition) is 0. The van der Waals surface area contributed by atoms with Gasteiger partial charge in [-0.05, 0) is 43.7 Å². The lowest BCUT2D eigenvalue weighted by atomic mass is 9.90. The average Bonchev–Trinajstić information content (AvgIpc) is 3.46. The van der Waals surface area contributed by atoms with E-state index in [1.54, 1.807) is 10.7 Å². The van der Waals surface area contributed by atoms with Crippen molar-refractivity contribution in [1.29, 1.82) is 0 Å². The molecule has 6 nitrogen and oxygen atoms in total. The van der Waals surface area contributed by atoms with Crippen LogP contribution in [-0.4, -0.2) is 37.9 Å². The molecule has 3 aromatic rings. The Bertz CT molecular complexity index is 1070. The summed E-state index contributed by atoms with van der Waals surface area (Å²) in [6.07, 6.45) is 3.12. The number of fused-ring (bicyclic) bond motifs is 1. The first kappa shape index (κ1) is 19.5. The van der Waals surface area contributed by atoms with E-state index < -0.39 is 11.7 Å². The van der Waals surface area contributed by atoms with E-state index in [1.165, 1.54) is 25.1 Å². The minimum atomic E-state index is -4.40. The fourth-order valence-electron chi connectivity index (χ4n) is 4.16. The minimum absolute atomic E-state index is 0.131. The molecule has 1 aliphatic carbocycles. The van der Waals surface area contributed by atoms with Gasteiger partial charge in [-0.25, -0.2) is 0 Å². The highest BCUT2D eigenvalue weighted by Gasteiger charge is 2.37. The van der Waals surface area contributed by atoms with Crippen molar-refractivity contribution in [3.8, 4) is 0 Å². The second-order valence-electron chi connectivity index (χ2n) is 8.04. The molecule has 158 valence electrons. The molecular weight excluding hydrogens is 417 g/mol. The highest BCUT2D eigenvalue weighted by Crippen LogP contribution is 2.39. The quantitative estimate of drug-likeness (QED) is 0.601. The number of hydrogen-bond acceptors (Lipinski definition) is 5. The van der Waals surface area contributed by atoms with Crippen LogP contribution in [0, 0.1) is 5.92 Å². The number of piperidine rings is 1. The molecule has 0 bridgehead atoms. The van der Waals surface area contributed by atoms with Crippen molar-refractivity contribution in [2.24, 2.45) is 5.92 Å². The van der Waals surface area contributed by atoms with E-state index >= 15 is 0 Å². The molecular formula is C20H20ClF3N6. The first-order chi connectivity index (χ1) is 14.4. The van der Waals surface area contributed by atoms with Crippen molar-refractivity contribution < 1.29 is 13.2 Å². The molecule has 2 aliphatic rings. The molecule has 0 amide bonds. The van der Waals surface area contributed by atoms with Crippen molar-refractivity contribution >= 4 is 22.9 Å². The fourth-order valence-corrected chi connectivity index (χ4v) is 4.44. The largest absolute Gasteiger partial charge is 0.418 e. The van der Waals surface area contributed by atoms with Crippen LogP contribution in [0.15, 0.2) is 24.5 Å². The van der Waals surface area contributed by atoms with Crippen LogP contribution in [0.1, 0.15) is 48.7 Å². The summed E-state index contributed by atoms with van der Waals surface area (Å²) >= 11 is 6.61. The zero-order valence-electron chi connectivity index (χ0n) is 16.1. The van der Waals surface area contributed by atoms with E-state index in [0.29, 0.717) is 42.5 Å². The second kappa shape index (κ2) is 7.37. The molecule has 0 radical (unpaired) electrons. The van der Waals surface area contributed by atoms with Crippen molar-refractivity contribution in [3.63, 3.8) is 0 Å². The summed E-state index contributed by atoms with van der Waals surface area (Å²) in [5.41, 5.74) is 0.754. The lowest BCUT2D eigenvalue weighted by molar-refractivity contribution is -0.138. The van der Waals surface area contributed by atoms with Gasteiger partial charge in [0.25, 0.3) is 0 Å². The first-order valence-corrected chi connectivity index (χ1v) is 10.5. The van der Waals surface area contributed by atoms with Gasteiger partial charge >= 0.3 is 6.18 Å². The second-order valence-corrected chi connectivity index (χ2v) is 8.42. The predicted octanol–water partition coefficient (Wildman–Crippen LogP) is 4.53. The number of anilines is 1. The maximum absolute atomic E-state index is 13.3. The molecule has 4 heterocycles. The lowest BCUT2D eigenvalue weighted by Gasteiger charge is -2.34. The van der Waals surface area contributed by atoms with E-state index in [2.05, 4.69) is 25.2 Å². The van der Waals surface area contributed by atoms with Gasteiger partial charge in [0.15, 0.2) is 11.5 Å². The van der Waals surface area contributed by atoms with Crippen molar-refractivity contribution in [2.45, 2.75) is 44.2 Å². The van der Waals surface area contributed by atoms with Crippen molar-refractivity contribution in [1.82, 2.24) is 24.8 Å². The Morgan fingerprint density at radius 2 is 1.87 bits per heavy atom. The maximum atomic E-state index is 13.3. The van der Waals surface area contributed by atoms with E-state index in [9.17, 15) is 13.2 Å². The SMILES string of the molecule is FC(F)(F)c1cccnc1C1CCN(c2cnn3c(CC4CC4)nnc3c2Cl)CC1. The number of halogens is 4. The number of alkyl halides is 3. The number of aromatic nitrogens is 5. The summed E-state index contributed by atoms with van der Waals surface area (Å²) in [5.74, 6) is 1.23. The molecule has 0 spiro atoms. The molecule has 1 saturated heterocycles. The van der Waals surface area contributed by atoms with E-state index in [4.69, 9.17) is 11.6 Å². The smallest absolute Gasteiger partial charge is 0.369 e. The third-order valence-electron chi connectivity index (χ3n) is 5.96. The molecule has 0 N–H and O–H groups in total. The van der Waals surface area contributed by atoms with Gasteiger partial charge in [-0.3, -0.25) is 4.98 Å². The lowest BCUT2D eigenvalue weighted by Crippen LogP contribution is -2.34. The van der Waals surface area contributed by atoms with Crippen LogP contribution in [0.2, 0.25) is 5.02 Å². The Hall–Kier alpha value is -2.42. The van der Waals surface area contributed by atoms with Crippen LogP contribution in [-0.2, 0) is 12.6 Å². The van der Waals surface area contributed by atoms with Gasteiger partial charge in [-0.1, -0.05) is 11.6 Å². The molecule has 5 rings (SSSR count). The van der Waals surface area contributed by atoms with Crippen LogP contribution >= 0.6 is 11.6 Å². The topological polar surface area (TPSA) is 59.2 Å². The zero-order valence-corrected chi connectivity index (χ0v) is 16.9. The zero-order chi connectivity index (χ0) is 20.9. The Morgan fingerprint density at radius 1 is 1.10 bits per heavy atom. The maximum Gasteiger partial charge on any atom is 0.418 e. The molecule has 0 aromatic carbocycles. The highest BCUT2D eigenvalue weighted by molar-refractivity contribution is 6.36. The first-order valence-electron chi connectivity index (χ1n) is 10.1. The summed E-state index contributed by atoms with van der Waals surface area (Å²) in [5, 5.41) is 13.4. The third-order valence-corrected chi connectivity index (χ3v) is 6.32. The van der Waals surface area contributed by atoms with E-state index in [1.807, 2.05) is 0 Å². The Balaban J connectivity index is 1.35. The van der Waals surface area contributed by atoms with Gasteiger partial charge in [-0.2, -0.15) is 22.8 Å². The molecule has 1 saturated carbocycles. The van der Waals surface area contributed by atoms with Gasteiger partial charge < -0.3 is 4.90 Å². The predicted molar refractivity (Wildman–Crippen MR) is 106 cm³/mol. The molecule has 0 atom stereocenters. The van der Waals surface area contributed by atoms with Gasteiger partial charge in [0.1, 0.15) is 5.02 Å². The Morgan fingerprint density at radius 3 is 2.57 bits per heavy atom. The standard InChI is InChI=1S/C20H20ClF3N6/c21-17-15(11-26-30-16(10-12-3-4-12)27-28-19(17)30)29-8-5-13(6-9-29)18-14(20(22,23)24)2-1-7-25-18/h1-2,7,11-13H,3-6,8-10H2. The van der Waals surface area contributed by atoms with Crippen LogP contribution in [0.25, 0.3) is 5.65 Å². The summed E-state index contributed by atoms with van der Waals surface area (Å²) < 4.78 is 41.7. The van der Waals surface area contributed by atoms with Crippen LogP contribution < -0.4 is 4.90 Å². The summed E-state index contributed by atoms with van der Waals surface area (Å²) in [4.78, 5) is 6.11. The summed E-state index contributed by atoms with van der Waals surface area (Å²) in [6.45, 7) is 1.14. The van der Waals surface area contributed by atoms with Crippen molar-refractivity contribution in [3.05, 3.63) is 46.6 Å². The molecule has 2 fully saturated rings. The van der Waals surface area contributed by atoms with Gasteiger partial charge in [-0.15, -0.1) is 10.2 Å². The molecule has 10 heteroatoms. The van der Waals surface area contributed by atoms with Crippen molar-refractivity contribution in [2.75, 3.05) is 18.0 Å². The van der Waals surface area contributed by atoms with Crippen LogP contribution in [0.4, 0.5) is 18.9 Å². The minimum Gasteiger partial charge on any atom is -0.369 e. The number of nitrogens with zero attached hydrogens (tertiary/aromatic N) is 6. The number of pyridine rings is 1. The fraction of sp³-hybridized carbons (Fsp3) is 0.500. The van der Waals surface area contributed by atoms with E-state index in [0.717, 1.165) is 24.0 Å². The van der Waals surface area contributed by atoms with Gasteiger partial charge in [0.2, 0.25) is 0 Å². The monoisotopic (exact) mass is 436 g/mol. The van der Waals surface area contributed by atoms with Gasteiger partial charge in [0.05, 0.1) is 23.1 Å². The Labute approximate surface area is 176 Å². The van der Waals surface area contributed by atoms with Crippen LogP contribution in [0.3, 0.4) is 0 Å². The Kier molecular flexibility index (Phi) is 4.80. The molecule has 1 aliphatic heterocycles. The van der Waals surface area contributed by atoms with E-state index in [-0.39, 0.29) is 11.6 Å². The summed E-state index contributed by atoms with van der Waals surface area (Å²) in [6, 6.07) is 2.44. The number of rotatable bonds is 4. The third kappa shape index (κ3) is 3.59. The molecule has 30 heavy (non-hydrogen) atoms. The van der Waals surface area contributed by atoms with Gasteiger partial charge in [0, 0.05) is 31.6 Å². The average molecular weight is 437 g/mol. The normalized spacial score (nSPS) is 18.3.